The van der Waals surface area contributed by atoms with Crippen LogP contribution in [0.1, 0.15) is 5.56 Å². The number of benzene rings is 1. The fourth-order valence-electron chi connectivity index (χ4n) is 1.93. The van der Waals surface area contributed by atoms with Gasteiger partial charge in [-0.1, -0.05) is 6.07 Å². The Bertz CT molecular complexity index is 697. The lowest BCUT2D eigenvalue weighted by Crippen LogP contribution is -2.32. The zero-order chi connectivity index (χ0) is 16.2. The zero-order valence-electron chi connectivity index (χ0n) is 11.5. The van der Waals surface area contributed by atoms with Crippen LogP contribution in [0.2, 0.25) is 0 Å². The summed E-state index contributed by atoms with van der Waals surface area (Å²) in [4.78, 5) is 0. The number of aliphatic hydroxyl groups excluding tert-OH is 1. The van der Waals surface area contributed by atoms with Gasteiger partial charge in [0.25, 0.3) is 0 Å². The molecule has 0 bridgehead atoms. The molecule has 2 N–H and O–H groups in total. The summed E-state index contributed by atoms with van der Waals surface area (Å²) in [6.45, 7) is 0.132. The molecule has 4 nitrogen and oxygen atoms in total. The standard InChI is InChI=1S/C14H15F2NO3S2/c15-11-4-10(5-12(16)6-11)7-17-8-13(18)9-22(19,20)14-2-1-3-21-14/h1-6,13,17-18H,7-9H2/t13-/m1/s1. The van der Waals surface area contributed by atoms with E-state index in [1.807, 2.05) is 0 Å². The van der Waals surface area contributed by atoms with Crippen LogP contribution in [0.15, 0.2) is 39.9 Å². The Morgan fingerprint density at radius 1 is 1.23 bits per heavy atom. The molecule has 0 radical (unpaired) electrons. The molecule has 1 aromatic carbocycles. The molecule has 1 heterocycles. The number of sulfone groups is 1. The largest absolute Gasteiger partial charge is 0.391 e. The maximum atomic E-state index is 13.0. The normalized spacial score (nSPS) is 13.2. The van der Waals surface area contributed by atoms with Crippen molar-refractivity contribution in [3.63, 3.8) is 0 Å². The topological polar surface area (TPSA) is 66.4 Å². The number of aliphatic hydroxyl groups is 1. The van der Waals surface area contributed by atoms with Crippen molar-refractivity contribution in [1.82, 2.24) is 5.32 Å². The molecule has 8 heteroatoms. The van der Waals surface area contributed by atoms with E-state index in [1.165, 1.54) is 18.2 Å². The third kappa shape index (κ3) is 4.84. The van der Waals surface area contributed by atoms with E-state index in [1.54, 1.807) is 11.4 Å². The molecule has 0 unspecified atom stereocenters. The number of nitrogens with one attached hydrogen (secondary N) is 1. The lowest BCUT2D eigenvalue weighted by molar-refractivity contribution is 0.193. The summed E-state index contributed by atoms with van der Waals surface area (Å²) in [6.07, 6.45) is -1.11. The van der Waals surface area contributed by atoms with Crippen molar-refractivity contribution >= 4 is 21.2 Å². The summed E-state index contributed by atoms with van der Waals surface area (Å²) in [7, 11) is -3.52. The maximum absolute atomic E-state index is 13.0. The molecule has 0 aliphatic rings. The van der Waals surface area contributed by atoms with Gasteiger partial charge in [0.1, 0.15) is 15.8 Å². The molecule has 1 aromatic heterocycles. The smallest absolute Gasteiger partial charge is 0.190 e. The second kappa shape index (κ2) is 7.28. The van der Waals surface area contributed by atoms with Crippen molar-refractivity contribution in [2.24, 2.45) is 0 Å². The molecule has 120 valence electrons. The quantitative estimate of drug-likeness (QED) is 0.803. The monoisotopic (exact) mass is 347 g/mol. The van der Waals surface area contributed by atoms with E-state index in [9.17, 15) is 22.3 Å². The highest BCUT2D eigenvalue weighted by Gasteiger charge is 2.20. The molecule has 0 fully saturated rings. The SMILES string of the molecule is O=S(=O)(C[C@H](O)CNCc1cc(F)cc(F)c1)c1cccs1. The Kier molecular flexibility index (Phi) is 5.63. The minimum absolute atomic E-state index is 0.00272. The fourth-order valence-corrected chi connectivity index (χ4v) is 4.41. The van der Waals surface area contributed by atoms with Crippen molar-refractivity contribution in [3.05, 3.63) is 52.9 Å². The highest BCUT2D eigenvalue weighted by atomic mass is 32.2. The van der Waals surface area contributed by atoms with Gasteiger partial charge < -0.3 is 10.4 Å². The van der Waals surface area contributed by atoms with Crippen LogP contribution in [0.3, 0.4) is 0 Å². The molecule has 0 spiro atoms. The molecular formula is C14H15F2NO3S2. The van der Waals surface area contributed by atoms with E-state index >= 15 is 0 Å². The molecule has 0 saturated carbocycles. The van der Waals surface area contributed by atoms with Gasteiger partial charge in [0.15, 0.2) is 9.84 Å². The Hall–Kier alpha value is -1.35. The molecule has 0 aliphatic carbocycles. The zero-order valence-corrected chi connectivity index (χ0v) is 13.1. The van der Waals surface area contributed by atoms with Crippen LogP contribution in [0.4, 0.5) is 8.78 Å². The van der Waals surface area contributed by atoms with Gasteiger partial charge in [-0.3, -0.25) is 0 Å². The first-order chi connectivity index (χ1) is 10.4. The number of hydrogen-bond acceptors (Lipinski definition) is 5. The average molecular weight is 347 g/mol. The van der Waals surface area contributed by atoms with Crippen molar-refractivity contribution in [1.29, 1.82) is 0 Å². The van der Waals surface area contributed by atoms with E-state index < -0.39 is 33.3 Å². The second-order valence-corrected chi connectivity index (χ2v) is 7.98. The van der Waals surface area contributed by atoms with Crippen molar-refractivity contribution in [2.45, 2.75) is 16.9 Å². The summed E-state index contributed by atoms with van der Waals surface area (Å²) in [5.41, 5.74) is 0.380. The summed E-state index contributed by atoms with van der Waals surface area (Å²) in [5.74, 6) is -1.77. The summed E-state index contributed by atoms with van der Waals surface area (Å²) < 4.78 is 50.1. The van der Waals surface area contributed by atoms with Crippen LogP contribution in [0, 0.1) is 11.6 Å². The van der Waals surface area contributed by atoms with Crippen LogP contribution in [-0.4, -0.2) is 31.9 Å². The molecule has 22 heavy (non-hydrogen) atoms. The van der Waals surface area contributed by atoms with Crippen LogP contribution in [0.25, 0.3) is 0 Å². The molecule has 2 aromatic rings. The number of thiophene rings is 1. The molecule has 0 amide bonds. The minimum Gasteiger partial charge on any atom is -0.391 e. The Labute approximate surface area is 131 Å². The third-order valence-electron chi connectivity index (χ3n) is 2.84. The second-order valence-electron chi connectivity index (χ2n) is 4.78. The first-order valence-electron chi connectivity index (χ1n) is 6.47. The van der Waals surface area contributed by atoms with Crippen LogP contribution in [0.5, 0.6) is 0 Å². The van der Waals surface area contributed by atoms with E-state index in [0.29, 0.717) is 5.56 Å². The van der Waals surface area contributed by atoms with Crippen LogP contribution >= 0.6 is 11.3 Å². The first kappa shape index (κ1) is 17.0. The van der Waals surface area contributed by atoms with Gasteiger partial charge in [0, 0.05) is 19.2 Å². The van der Waals surface area contributed by atoms with E-state index in [2.05, 4.69) is 5.32 Å². The average Bonchev–Trinajstić information content (AvgIpc) is 2.91. The molecular weight excluding hydrogens is 332 g/mol. The van der Waals surface area contributed by atoms with Gasteiger partial charge in [0.05, 0.1) is 11.9 Å². The van der Waals surface area contributed by atoms with Gasteiger partial charge in [0.2, 0.25) is 0 Å². The Balaban J connectivity index is 1.84. The number of hydrogen-bond donors (Lipinski definition) is 2. The predicted molar refractivity (Wildman–Crippen MR) is 80.4 cm³/mol. The highest BCUT2D eigenvalue weighted by molar-refractivity contribution is 7.93. The molecule has 0 saturated heterocycles. The molecule has 1 atom stereocenters. The lowest BCUT2D eigenvalue weighted by Gasteiger charge is -2.12. The lowest BCUT2D eigenvalue weighted by atomic mass is 10.2. The Morgan fingerprint density at radius 3 is 2.50 bits per heavy atom. The summed E-state index contributed by atoms with van der Waals surface area (Å²) in [6, 6.07) is 6.22. The summed E-state index contributed by atoms with van der Waals surface area (Å²) >= 11 is 1.09. The Morgan fingerprint density at radius 2 is 1.91 bits per heavy atom. The van der Waals surface area contributed by atoms with Crippen LogP contribution < -0.4 is 5.32 Å². The van der Waals surface area contributed by atoms with Crippen LogP contribution in [-0.2, 0) is 16.4 Å². The number of halogens is 2. The van der Waals surface area contributed by atoms with Crippen molar-refractivity contribution in [3.8, 4) is 0 Å². The molecule has 2 rings (SSSR count). The van der Waals surface area contributed by atoms with Gasteiger partial charge >= 0.3 is 0 Å². The van der Waals surface area contributed by atoms with Crippen molar-refractivity contribution < 1.29 is 22.3 Å². The highest BCUT2D eigenvalue weighted by Crippen LogP contribution is 2.18. The maximum Gasteiger partial charge on any atom is 0.190 e. The van der Waals surface area contributed by atoms with Gasteiger partial charge in [-0.25, -0.2) is 17.2 Å². The van der Waals surface area contributed by atoms with Crippen molar-refractivity contribution in [2.75, 3.05) is 12.3 Å². The predicted octanol–water partition coefficient (Wildman–Crippen LogP) is 1.95. The van der Waals surface area contributed by atoms with Gasteiger partial charge in [-0.2, -0.15) is 0 Å². The fraction of sp³-hybridized carbons (Fsp3) is 0.286. The molecule has 0 aliphatic heterocycles. The minimum atomic E-state index is -3.52. The third-order valence-corrected chi connectivity index (χ3v) is 6.13. The van der Waals surface area contributed by atoms with E-state index in [4.69, 9.17) is 0 Å². The van der Waals surface area contributed by atoms with E-state index in [-0.39, 0.29) is 17.3 Å². The van der Waals surface area contributed by atoms with Gasteiger partial charge in [-0.05, 0) is 29.1 Å². The van der Waals surface area contributed by atoms with Gasteiger partial charge in [-0.15, -0.1) is 11.3 Å². The van der Waals surface area contributed by atoms with E-state index in [0.717, 1.165) is 17.4 Å². The summed E-state index contributed by atoms with van der Waals surface area (Å²) in [5, 5.41) is 14.2. The first-order valence-corrected chi connectivity index (χ1v) is 9.00. The number of rotatable bonds is 7.